The second kappa shape index (κ2) is 20.2. The minimum absolute atomic E-state index is 0. The fourth-order valence-corrected chi connectivity index (χ4v) is 3.25. The van der Waals surface area contributed by atoms with Crippen molar-refractivity contribution in [3.05, 3.63) is 0 Å². The third kappa shape index (κ3) is 19.2. The van der Waals surface area contributed by atoms with Crippen LogP contribution >= 0.6 is 8.03 Å². The van der Waals surface area contributed by atoms with Crippen LogP contribution in [0.3, 0.4) is 0 Å². The first-order chi connectivity index (χ1) is 9.31. The molecule has 0 rings (SSSR count). The van der Waals surface area contributed by atoms with Crippen molar-refractivity contribution >= 4 is 37.6 Å². The number of rotatable bonds is 15. The van der Waals surface area contributed by atoms with E-state index >= 15 is 0 Å². The molecule has 0 bridgehead atoms. The minimum atomic E-state index is -1.73. The van der Waals surface area contributed by atoms with Gasteiger partial charge in [-0.25, -0.2) is 0 Å². The van der Waals surface area contributed by atoms with E-state index in [0.29, 0.717) is 6.61 Å². The van der Waals surface area contributed by atoms with Gasteiger partial charge in [-0.05, 0) is 12.8 Å². The molecule has 2 nitrogen and oxygen atoms in total. The maximum absolute atomic E-state index is 11.6. The molecule has 0 aliphatic heterocycles. The Balaban J connectivity index is 0. The van der Waals surface area contributed by atoms with Crippen LogP contribution in [-0.2, 0) is 9.09 Å². The van der Waals surface area contributed by atoms with Crippen molar-refractivity contribution in [1.82, 2.24) is 0 Å². The van der Waals surface area contributed by atoms with Crippen molar-refractivity contribution in [2.24, 2.45) is 0 Å². The van der Waals surface area contributed by atoms with E-state index in [1.54, 1.807) is 0 Å². The van der Waals surface area contributed by atoms with Gasteiger partial charge in [0.15, 0.2) is 8.03 Å². The van der Waals surface area contributed by atoms with Gasteiger partial charge >= 0.3 is 29.6 Å². The summed E-state index contributed by atoms with van der Waals surface area (Å²) in [6.07, 6.45) is 15.9. The Bertz CT molecular complexity index is 201. The molecule has 0 fully saturated rings. The summed E-state index contributed by atoms with van der Waals surface area (Å²) in [5, 5.41) is 0. The van der Waals surface area contributed by atoms with Crippen LogP contribution in [0.15, 0.2) is 0 Å². The molecule has 0 spiro atoms. The standard InChI is InChI=1S/C16H35O2P.Na.H/c1-3-5-7-9-11-13-15-18-19(17)16-14-12-10-8-6-4-2;;/h19H,3-16H2,1-2H3;;. The van der Waals surface area contributed by atoms with Gasteiger partial charge in [0.05, 0.1) is 6.61 Å². The predicted octanol–water partition coefficient (Wildman–Crippen LogP) is 5.55. The molecule has 0 aliphatic carbocycles. The van der Waals surface area contributed by atoms with Gasteiger partial charge in [-0.15, -0.1) is 0 Å². The van der Waals surface area contributed by atoms with Crippen LogP contribution in [0.1, 0.15) is 90.9 Å². The van der Waals surface area contributed by atoms with Crippen molar-refractivity contribution in [1.29, 1.82) is 0 Å². The molecule has 0 aromatic rings. The summed E-state index contributed by atoms with van der Waals surface area (Å²) in [7, 11) is -1.73. The Morgan fingerprint density at radius 1 is 0.700 bits per heavy atom. The summed E-state index contributed by atoms with van der Waals surface area (Å²) in [5.74, 6) is 0. The van der Waals surface area contributed by atoms with Crippen LogP contribution < -0.4 is 0 Å². The van der Waals surface area contributed by atoms with Crippen LogP contribution in [-0.4, -0.2) is 42.3 Å². The third-order valence-electron chi connectivity index (χ3n) is 3.50. The molecule has 118 valence electrons. The van der Waals surface area contributed by atoms with Crippen molar-refractivity contribution in [3.63, 3.8) is 0 Å². The maximum atomic E-state index is 11.6. The van der Waals surface area contributed by atoms with Crippen LogP contribution in [0.4, 0.5) is 0 Å². The Morgan fingerprint density at radius 3 is 1.70 bits per heavy atom. The van der Waals surface area contributed by atoms with Crippen molar-refractivity contribution in [2.75, 3.05) is 12.8 Å². The summed E-state index contributed by atoms with van der Waals surface area (Å²) < 4.78 is 17.1. The molecule has 0 saturated heterocycles. The van der Waals surface area contributed by atoms with Gasteiger partial charge in [-0.3, -0.25) is 4.57 Å². The molecule has 4 heteroatoms. The Morgan fingerprint density at radius 2 is 1.15 bits per heavy atom. The first-order valence-electron chi connectivity index (χ1n) is 8.46. The van der Waals surface area contributed by atoms with E-state index in [2.05, 4.69) is 13.8 Å². The van der Waals surface area contributed by atoms with Crippen molar-refractivity contribution < 1.29 is 9.09 Å². The number of hydrogen-bond donors (Lipinski definition) is 0. The molecule has 1 unspecified atom stereocenters. The van der Waals surface area contributed by atoms with E-state index in [-0.39, 0.29) is 29.6 Å². The fraction of sp³-hybridized carbons (Fsp3) is 1.00. The van der Waals surface area contributed by atoms with Gasteiger partial charge in [0.2, 0.25) is 0 Å². The Labute approximate surface area is 150 Å². The van der Waals surface area contributed by atoms with E-state index in [1.807, 2.05) is 0 Å². The molecule has 0 heterocycles. The first-order valence-corrected chi connectivity index (χ1v) is 9.99. The zero-order valence-electron chi connectivity index (χ0n) is 13.2. The molecule has 0 amide bonds. The molecule has 1 atom stereocenters. The second-order valence-corrected chi connectivity index (χ2v) is 7.04. The third-order valence-corrected chi connectivity index (χ3v) is 4.78. The SMILES string of the molecule is CCCCCCCCO[PH](=O)CCCCCCCC.[NaH]. The van der Waals surface area contributed by atoms with Crippen LogP contribution in [0, 0.1) is 0 Å². The van der Waals surface area contributed by atoms with Gasteiger partial charge in [0.1, 0.15) is 0 Å². The summed E-state index contributed by atoms with van der Waals surface area (Å²) in [6, 6.07) is 0. The number of hydrogen-bond acceptors (Lipinski definition) is 2. The first kappa shape index (κ1) is 23.5. The van der Waals surface area contributed by atoms with Crippen molar-refractivity contribution in [2.45, 2.75) is 90.9 Å². The van der Waals surface area contributed by atoms with Crippen molar-refractivity contribution in [3.8, 4) is 0 Å². The van der Waals surface area contributed by atoms with E-state index in [1.165, 1.54) is 64.2 Å². The fourth-order valence-electron chi connectivity index (χ4n) is 2.19. The van der Waals surface area contributed by atoms with Crippen LogP contribution in [0.5, 0.6) is 0 Å². The summed E-state index contributed by atoms with van der Waals surface area (Å²) >= 11 is 0. The molecular weight excluding hydrogens is 278 g/mol. The average molecular weight is 314 g/mol. The topological polar surface area (TPSA) is 26.3 Å². The molecule has 20 heavy (non-hydrogen) atoms. The number of unbranched alkanes of at least 4 members (excludes halogenated alkanes) is 10. The monoisotopic (exact) mass is 314 g/mol. The normalized spacial score (nSPS) is 12.1. The van der Waals surface area contributed by atoms with E-state index in [4.69, 9.17) is 4.52 Å². The van der Waals surface area contributed by atoms with E-state index < -0.39 is 8.03 Å². The van der Waals surface area contributed by atoms with E-state index in [9.17, 15) is 4.57 Å². The molecular formula is C16H36NaO2P. The predicted molar refractivity (Wildman–Crippen MR) is 93.7 cm³/mol. The molecule has 0 aromatic heterocycles. The van der Waals surface area contributed by atoms with Gasteiger partial charge in [-0.2, -0.15) is 0 Å². The Kier molecular flexibility index (Phi) is 23.7. The molecule has 0 radical (unpaired) electrons. The second-order valence-electron chi connectivity index (χ2n) is 5.51. The van der Waals surface area contributed by atoms with Crippen LogP contribution in [0.25, 0.3) is 0 Å². The molecule has 0 aromatic carbocycles. The van der Waals surface area contributed by atoms with Gasteiger partial charge < -0.3 is 4.52 Å². The molecule has 0 aliphatic rings. The summed E-state index contributed by atoms with van der Waals surface area (Å²) in [4.78, 5) is 0. The van der Waals surface area contributed by atoms with Gasteiger partial charge in [-0.1, -0.05) is 78.1 Å². The zero-order valence-corrected chi connectivity index (χ0v) is 14.2. The van der Waals surface area contributed by atoms with E-state index in [0.717, 1.165) is 19.0 Å². The van der Waals surface area contributed by atoms with Gasteiger partial charge in [0, 0.05) is 6.16 Å². The molecule has 0 saturated carbocycles. The summed E-state index contributed by atoms with van der Waals surface area (Å²) in [5.41, 5.74) is 0. The zero-order chi connectivity index (χ0) is 14.2. The molecule has 0 N–H and O–H groups in total. The Hall–Kier alpha value is 1.19. The van der Waals surface area contributed by atoms with Crippen LogP contribution in [0.2, 0.25) is 0 Å². The summed E-state index contributed by atoms with van der Waals surface area (Å²) in [6.45, 7) is 5.17. The average Bonchev–Trinajstić information content (AvgIpc) is 2.41. The quantitative estimate of drug-likeness (QED) is 0.225. The van der Waals surface area contributed by atoms with Gasteiger partial charge in [0.25, 0.3) is 0 Å².